The third-order valence-corrected chi connectivity index (χ3v) is 4.88. The second kappa shape index (κ2) is 9.55. The Hall–Kier alpha value is -2.11. The molecule has 3 rings (SSSR count). The van der Waals surface area contributed by atoms with Gasteiger partial charge in [0.2, 0.25) is 0 Å². The van der Waals surface area contributed by atoms with E-state index in [0.29, 0.717) is 31.5 Å². The molecule has 0 N–H and O–H groups in total. The number of ether oxygens (including phenoxy) is 2. The Balaban J connectivity index is 1.42. The quantitative estimate of drug-likeness (QED) is 0.678. The molecular weight excluding hydrogens is 330 g/mol. The highest BCUT2D eigenvalue weighted by Gasteiger charge is 2.25. The van der Waals surface area contributed by atoms with Crippen molar-refractivity contribution in [3.8, 4) is 0 Å². The predicted molar refractivity (Wildman–Crippen MR) is 99.0 cm³/mol. The number of carbonyl (C=O) groups is 1. The number of likely N-dealkylation sites (tertiary alicyclic amines) is 1. The van der Waals surface area contributed by atoms with E-state index in [-0.39, 0.29) is 5.91 Å². The number of hydrogen-bond acceptors (Lipinski definition) is 4. The van der Waals surface area contributed by atoms with Gasteiger partial charge in [-0.2, -0.15) is 0 Å². The van der Waals surface area contributed by atoms with Gasteiger partial charge in [-0.15, -0.1) is 0 Å². The molecule has 5 heteroatoms. The van der Waals surface area contributed by atoms with Gasteiger partial charge in [-0.3, -0.25) is 4.79 Å². The smallest absolute Gasteiger partial charge is 0.289 e. The lowest BCUT2D eigenvalue weighted by atomic mass is 9.90. The van der Waals surface area contributed by atoms with E-state index in [2.05, 4.69) is 24.3 Å². The molecule has 1 fully saturated rings. The van der Waals surface area contributed by atoms with Crippen molar-refractivity contribution in [3.05, 3.63) is 59.5 Å². The van der Waals surface area contributed by atoms with Crippen LogP contribution in [0.15, 0.2) is 47.1 Å². The molecule has 1 aromatic carbocycles. The molecule has 1 aliphatic heterocycles. The normalized spacial score (nSPS) is 15.3. The number of hydrogen-bond donors (Lipinski definition) is 0. The van der Waals surface area contributed by atoms with E-state index in [0.717, 1.165) is 32.4 Å². The molecule has 1 aromatic heterocycles. The third-order valence-electron chi connectivity index (χ3n) is 4.88. The highest BCUT2D eigenvalue weighted by atomic mass is 16.5. The SMILES string of the molecule is COCCOCc1ccc(CC2CCN(C(=O)c3ccco3)CC2)cc1. The first-order valence-electron chi connectivity index (χ1n) is 9.23. The molecule has 0 unspecified atom stereocenters. The zero-order valence-corrected chi connectivity index (χ0v) is 15.4. The van der Waals surface area contributed by atoms with Gasteiger partial charge in [0.15, 0.2) is 5.76 Å². The Morgan fingerprint density at radius 3 is 2.50 bits per heavy atom. The minimum absolute atomic E-state index is 0.00581. The predicted octanol–water partition coefficient (Wildman–Crippen LogP) is 3.54. The van der Waals surface area contributed by atoms with Crippen LogP contribution in [0.5, 0.6) is 0 Å². The second-order valence-electron chi connectivity index (χ2n) is 6.78. The minimum Gasteiger partial charge on any atom is -0.459 e. The molecule has 1 amide bonds. The maximum atomic E-state index is 12.3. The van der Waals surface area contributed by atoms with Gasteiger partial charge in [-0.05, 0) is 48.4 Å². The van der Waals surface area contributed by atoms with Gasteiger partial charge in [0, 0.05) is 20.2 Å². The fourth-order valence-electron chi connectivity index (χ4n) is 3.33. The molecule has 5 nitrogen and oxygen atoms in total. The summed E-state index contributed by atoms with van der Waals surface area (Å²) < 4.78 is 15.7. The Labute approximate surface area is 154 Å². The second-order valence-corrected chi connectivity index (χ2v) is 6.78. The molecular formula is C21H27NO4. The van der Waals surface area contributed by atoms with Crippen molar-refractivity contribution in [1.82, 2.24) is 4.90 Å². The number of carbonyl (C=O) groups excluding carboxylic acids is 1. The van der Waals surface area contributed by atoms with Crippen molar-refractivity contribution in [2.75, 3.05) is 33.4 Å². The molecule has 2 aromatic rings. The number of amides is 1. The van der Waals surface area contributed by atoms with Crippen molar-refractivity contribution < 1.29 is 18.7 Å². The van der Waals surface area contributed by atoms with E-state index in [1.807, 2.05) is 4.90 Å². The zero-order valence-electron chi connectivity index (χ0n) is 15.4. The molecule has 26 heavy (non-hydrogen) atoms. The van der Waals surface area contributed by atoms with Crippen LogP contribution in [0, 0.1) is 5.92 Å². The first-order valence-corrected chi connectivity index (χ1v) is 9.23. The summed E-state index contributed by atoms with van der Waals surface area (Å²) in [6.45, 7) is 3.47. The Bertz CT molecular complexity index is 658. The van der Waals surface area contributed by atoms with Gasteiger partial charge in [0.25, 0.3) is 5.91 Å². The number of piperidine rings is 1. The summed E-state index contributed by atoms with van der Waals surface area (Å²) in [5.74, 6) is 1.07. The third kappa shape index (κ3) is 5.19. The van der Waals surface area contributed by atoms with Crippen LogP contribution < -0.4 is 0 Å². The van der Waals surface area contributed by atoms with Crippen LogP contribution >= 0.6 is 0 Å². The molecule has 140 valence electrons. The Morgan fingerprint density at radius 2 is 1.85 bits per heavy atom. The van der Waals surface area contributed by atoms with Crippen LogP contribution in [-0.4, -0.2) is 44.2 Å². The topological polar surface area (TPSA) is 51.9 Å². The molecule has 2 heterocycles. The lowest BCUT2D eigenvalue weighted by Crippen LogP contribution is -2.38. The molecule has 0 saturated carbocycles. The van der Waals surface area contributed by atoms with Crippen LogP contribution in [-0.2, 0) is 22.5 Å². The Kier molecular flexibility index (Phi) is 6.86. The standard InChI is InChI=1S/C21H27NO4/c1-24-13-14-25-16-19-6-4-17(5-7-19)15-18-8-10-22(11-9-18)21(23)20-3-2-12-26-20/h2-7,12,18H,8-11,13-16H2,1H3. The lowest BCUT2D eigenvalue weighted by molar-refractivity contribution is 0.0616. The van der Waals surface area contributed by atoms with Crippen molar-refractivity contribution in [1.29, 1.82) is 0 Å². The van der Waals surface area contributed by atoms with Gasteiger partial charge >= 0.3 is 0 Å². The largest absolute Gasteiger partial charge is 0.459 e. The van der Waals surface area contributed by atoms with Crippen molar-refractivity contribution in [2.24, 2.45) is 5.92 Å². The van der Waals surface area contributed by atoms with Gasteiger partial charge in [0.1, 0.15) is 0 Å². The van der Waals surface area contributed by atoms with Crippen molar-refractivity contribution in [2.45, 2.75) is 25.9 Å². The maximum absolute atomic E-state index is 12.3. The number of methoxy groups -OCH3 is 1. The molecule has 0 aliphatic carbocycles. The fourth-order valence-corrected chi connectivity index (χ4v) is 3.33. The fraction of sp³-hybridized carbons (Fsp3) is 0.476. The summed E-state index contributed by atoms with van der Waals surface area (Å²) in [6.07, 6.45) is 4.68. The summed E-state index contributed by atoms with van der Waals surface area (Å²) in [5, 5.41) is 0. The van der Waals surface area contributed by atoms with E-state index >= 15 is 0 Å². The average Bonchev–Trinajstić information content (AvgIpc) is 3.21. The summed E-state index contributed by atoms with van der Waals surface area (Å²) in [7, 11) is 1.68. The van der Waals surface area contributed by atoms with Crippen LogP contribution in [0.4, 0.5) is 0 Å². The van der Waals surface area contributed by atoms with Crippen LogP contribution in [0.3, 0.4) is 0 Å². The van der Waals surface area contributed by atoms with Gasteiger partial charge in [0.05, 0.1) is 26.1 Å². The molecule has 1 saturated heterocycles. The molecule has 1 aliphatic rings. The first-order chi connectivity index (χ1) is 12.8. The van der Waals surface area contributed by atoms with Gasteiger partial charge in [-0.25, -0.2) is 0 Å². The number of furan rings is 1. The van der Waals surface area contributed by atoms with E-state index in [4.69, 9.17) is 13.9 Å². The molecule has 0 atom stereocenters. The number of nitrogens with zero attached hydrogens (tertiary/aromatic N) is 1. The monoisotopic (exact) mass is 357 g/mol. The lowest BCUT2D eigenvalue weighted by Gasteiger charge is -2.31. The Morgan fingerprint density at radius 1 is 1.12 bits per heavy atom. The average molecular weight is 357 g/mol. The number of rotatable bonds is 8. The van der Waals surface area contributed by atoms with Gasteiger partial charge < -0.3 is 18.8 Å². The van der Waals surface area contributed by atoms with Gasteiger partial charge in [-0.1, -0.05) is 24.3 Å². The van der Waals surface area contributed by atoms with E-state index < -0.39 is 0 Å². The maximum Gasteiger partial charge on any atom is 0.289 e. The highest BCUT2D eigenvalue weighted by molar-refractivity contribution is 5.91. The number of benzene rings is 1. The van der Waals surface area contributed by atoms with E-state index in [9.17, 15) is 4.79 Å². The zero-order chi connectivity index (χ0) is 18.2. The van der Waals surface area contributed by atoms with Crippen LogP contribution in [0.25, 0.3) is 0 Å². The molecule has 0 spiro atoms. The summed E-state index contributed by atoms with van der Waals surface area (Å²) in [5.41, 5.74) is 2.53. The molecule has 0 bridgehead atoms. The molecule has 0 radical (unpaired) electrons. The summed E-state index contributed by atoms with van der Waals surface area (Å²) in [6, 6.07) is 12.1. The summed E-state index contributed by atoms with van der Waals surface area (Å²) >= 11 is 0. The highest BCUT2D eigenvalue weighted by Crippen LogP contribution is 2.23. The van der Waals surface area contributed by atoms with E-state index in [1.54, 1.807) is 25.5 Å². The first kappa shape index (κ1) is 18.7. The summed E-state index contributed by atoms with van der Waals surface area (Å²) in [4.78, 5) is 14.2. The van der Waals surface area contributed by atoms with Crippen LogP contribution in [0.1, 0.15) is 34.5 Å². The minimum atomic E-state index is 0.00581. The van der Waals surface area contributed by atoms with Crippen LogP contribution in [0.2, 0.25) is 0 Å². The van der Waals surface area contributed by atoms with Crippen molar-refractivity contribution in [3.63, 3.8) is 0 Å². The van der Waals surface area contributed by atoms with E-state index in [1.165, 1.54) is 11.1 Å². The van der Waals surface area contributed by atoms with Crippen molar-refractivity contribution >= 4 is 5.91 Å².